The van der Waals surface area contributed by atoms with Gasteiger partial charge in [0.2, 0.25) is 0 Å². The second-order valence-corrected chi connectivity index (χ2v) is 6.62. The molecule has 0 heterocycles. The third kappa shape index (κ3) is 1.75. The van der Waals surface area contributed by atoms with E-state index in [9.17, 15) is 8.42 Å². The highest BCUT2D eigenvalue weighted by Crippen LogP contribution is 2.41. The molecule has 1 saturated carbocycles. The minimum Gasteiger partial charge on any atom is -0.329 e. The maximum atomic E-state index is 12.1. The number of hydrogen-bond donors (Lipinski definition) is 2. The van der Waals surface area contributed by atoms with Gasteiger partial charge < -0.3 is 11.5 Å². The Morgan fingerprint density at radius 3 is 2.38 bits per heavy atom. The summed E-state index contributed by atoms with van der Waals surface area (Å²) in [7, 11) is -3.31. The van der Waals surface area contributed by atoms with Crippen LogP contribution in [-0.4, -0.2) is 25.8 Å². The molecule has 1 aromatic carbocycles. The predicted octanol–water partition coefficient (Wildman–Crippen LogP) is 0.197. The first-order chi connectivity index (χ1) is 7.40. The van der Waals surface area contributed by atoms with Gasteiger partial charge in [0.15, 0.2) is 9.84 Å². The molecule has 0 aromatic heterocycles. The first-order valence-electron chi connectivity index (χ1n) is 5.20. The van der Waals surface area contributed by atoms with E-state index in [0.717, 1.165) is 5.56 Å². The Hall–Kier alpha value is -0.910. The minimum atomic E-state index is -3.31. The SMILES string of the molecule is Cc1ccc(S(=O)(=O)[C@@H]2C[C@]2(N)CN)cc1. The number of nitrogens with two attached hydrogens (primary N) is 2. The summed E-state index contributed by atoms with van der Waals surface area (Å²) in [6, 6.07) is 6.83. The molecule has 4 nitrogen and oxygen atoms in total. The summed E-state index contributed by atoms with van der Waals surface area (Å²) in [4.78, 5) is 0.337. The van der Waals surface area contributed by atoms with Crippen LogP contribution in [0.25, 0.3) is 0 Å². The zero-order valence-corrected chi connectivity index (χ0v) is 10.00. The van der Waals surface area contributed by atoms with Crippen LogP contribution in [0.15, 0.2) is 29.2 Å². The number of benzene rings is 1. The van der Waals surface area contributed by atoms with Crippen LogP contribution in [0.2, 0.25) is 0 Å². The Morgan fingerprint density at radius 1 is 1.38 bits per heavy atom. The summed E-state index contributed by atoms with van der Waals surface area (Å²) in [5.74, 6) is 0. The molecule has 2 atom stereocenters. The highest BCUT2D eigenvalue weighted by atomic mass is 32.2. The molecule has 0 amide bonds. The molecule has 0 unspecified atom stereocenters. The van der Waals surface area contributed by atoms with Gasteiger partial charge in [-0.3, -0.25) is 0 Å². The first kappa shape index (κ1) is 11.6. The lowest BCUT2D eigenvalue weighted by atomic mass is 10.2. The van der Waals surface area contributed by atoms with Gasteiger partial charge in [-0.1, -0.05) is 17.7 Å². The maximum absolute atomic E-state index is 12.1. The van der Waals surface area contributed by atoms with Gasteiger partial charge in [-0.25, -0.2) is 8.42 Å². The Balaban J connectivity index is 2.31. The Morgan fingerprint density at radius 2 is 1.94 bits per heavy atom. The fourth-order valence-electron chi connectivity index (χ4n) is 1.81. The van der Waals surface area contributed by atoms with Crippen molar-refractivity contribution < 1.29 is 8.42 Å². The van der Waals surface area contributed by atoms with Gasteiger partial charge in [0.05, 0.1) is 10.1 Å². The summed E-state index contributed by atoms with van der Waals surface area (Å²) in [5, 5.41) is -0.521. The van der Waals surface area contributed by atoms with Crippen LogP contribution in [0, 0.1) is 6.92 Å². The normalized spacial score (nSPS) is 29.1. The number of rotatable bonds is 3. The van der Waals surface area contributed by atoms with Crippen LogP contribution in [-0.2, 0) is 9.84 Å². The van der Waals surface area contributed by atoms with Crippen LogP contribution in [0.1, 0.15) is 12.0 Å². The van der Waals surface area contributed by atoms with E-state index in [1.807, 2.05) is 6.92 Å². The molecule has 1 aliphatic carbocycles. The van der Waals surface area contributed by atoms with Gasteiger partial charge in [0.1, 0.15) is 0 Å². The zero-order chi connectivity index (χ0) is 12.0. The molecule has 0 spiro atoms. The quantitative estimate of drug-likeness (QED) is 0.790. The fraction of sp³-hybridized carbons (Fsp3) is 0.455. The van der Waals surface area contributed by atoms with E-state index in [-0.39, 0.29) is 6.54 Å². The molecule has 2 rings (SSSR count). The van der Waals surface area contributed by atoms with Gasteiger partial charge in [-0.05, 0) is 25.5 Å². The number of aryl methyl sites for hydroxylation is 1. The van der Waals surface area contributed by atoms with Crippen molar-refractivity contribution in [2.75, 3.05) is 6.54 Å². The number of hydrogen-bond acceptors (Lipinski definition) is 4. The molecular formula is C11H16N2O2S. The molecule has 5 heteroatoms. The second kappa shape index (κ2) is 3.55. The average Bonchev–Trinajstić information content (AvgIpc) is 2.93. The van der Waals surface area contributed by atoms with Crippen LogP contribution in [0.5, 0.6) is 0 Å². The molecule has 1 fully saturated rings. The number of sulfone groups is 1. The highest BCUT2D eigenvalue weighted by molar-refractivity contribution is 7.92. The Labute approximate surface area is 95.6 Å². The highest BCUT2D eigenvalue weighted by Gasteiger charge is 2.58. The lowest BCUT2D eigenvalue weighted by Crippen LogP contribution is -2.38. The Bertz CT molecular complexity index is 495. The summed E-state index contributed by atoms with van der Waals surface area (Å²) in [6.45, 7) is 2.13. The molecule has 0 saturated heterocycles. The van der Waals surface area contributed by atoms with Gasteiger partial charge >= 0.3 is 0 Å². The summed E-state index contributed by atoms with van der Waals surface area (Å²) in [6.07, 6.45) is 0.458. The molecule has 0 bridgehead atoms. The third-order valence-corrected chi connectivity index (χ3v) is 5.47. The molecule has 1 aliphatic rings. The smallest absolute Gasteiger partial charge is 0.183 e. The van der Waals surface area contributed by atoms with Crippen LogP contribution in [0.4, 0.5) is 0 Å². The van der Waals surface area contributed by atoms with Crippen molar-refractivity contribution in [1.29, 1.82) is 0 Å². The van der Waals surface area contributed by atoms with E-state index in [2.05, 4.69) is 0 Å². The predicted molar refractivity (Wildman–Crippen MR) is 62.7 cm³/mol. The molecule has 4 N–H and O–H groups in total. The summed E-state index contributed by atoms with van der Waals surface area (Å²) >= 11 is 0. The van der Waals surface area contributed by atoms with Gasteiger partial charge in [0.25, 0.3) is 0 Å². The minimum absolute atomic E-state index is 0.211. The van der Waals surface area contributed by atoms with Gasteiger partial charge in [0, 0.05) is 12.1 Å². The molecule has 1 aromatic rings. The zero-order valence-electron chi connectivity index (χ0n) is 9.18. The monoisotopic (exact) mass is 240 g/mol. The lowest BCUT2D eigenvalue weighted by molar-refractivity contribution is 0.586. The molecule has 0 aliphatic heterocycles. The topological polar surface area (TPSA) is 86.2 Å². The van der Waals surface area contributed by atoms with Crippen molar-refractivity contribution in [3.8, 4) is 0 Å². The van der Waals surface area contributed by atoms with Gasteiger partial charge in [-0.2, -0.15) is 0 Å². The van der Waals surface area contributed by atoms with Crippen molar-refractivity contribution in [3.05, 3.63) is 29.8 Å². The van der Waals surface area contributed by atoms with E-state index in [1.165, 1.54) is 0 Å². The lowest BCUT2D eigenvalue weighted by Gasteiger charge is -2.09. The van der Waals surface area contributed by atoms with E-state index in [4.69, 9.17) is 11.5 Å². The van der Waals surface area contributed by atoms with E-state index < -0.39 is 20.6 Å². The molecule has 88 valence electrons. The molecule has 16 heavy (non-hydrogen) atoms. The Kier molecular flexibility index (Phi) is 2.57. The van der Waals surface area contributed by atoms with E-state index in [1.54, 1.807) is 24.3 Å². The summed E-state index contributed by atoms with van der Waals surface area (Å²) in [5.41, 5.74) is 11.6. The first-order valence-corrected chi connectivity index (χ1v) is 6.74. The van der Waals surface area contributed by atoms with Gasteiger partial charge in [-0.15, -0.1) is 0 Å². The van der Waals surface area contributed by atoms with E-state index >= 15 is 0 Å². The van der Waals surface area contributed by atoms with Crippen molar-refractivity contribution in [2.45, 2.75) is 29.0 Å². The largest absolute Gasteiger partial charge is 0.329 e. The second-order valence-electron chi connectivity index (χ2n) is 4.49. The standard InChI is InChI=1S/C11H16N2O2S/c1-8-2-4-9(5-3-8)16(14,15)10-6-11(10,13)7-12/h2-5,10H,6-7,12-13H2,1H3/t10-,11+/m1/s1. The molecular weight excluding hydrogens is 224 g/mol. The van der Waals surface area contributed by atoms with Crippen LogP contribution < -0.4 is 11.5 Å². The van der Waals surface area contributed by atoms with Crippen molar-refractivity contribution in [2.24, 2.45) is 11.5 Å². The summed E-state index contributed by atoms with van der Waals surface area (Å²) < 4.78 is 24.3. The molecule has 0 radical (unpaired) electrons. The average molecular weight is 240 g/mol. The van der Waals surface area contributed by atoms with E-state index in [0.29, 0.717) is 11.3 Å². The fourth-order valence-corrected chi connectivity index (χ4v) is 3.90. The third-order valence-electron chi connectivity index (χ3n) is 3.15. The van der Waals surface area contributed by atoms with Crippen molar-refractivity contribution >= 4 is 9.84 Å². The van der Waals surface area contributed by atoms with Crippen molar-refractivity contribution in [1.82, 2.24) is 0 Å². The van der Waals surface area contributed by atoms with Crippen LogP contribution >= 0.6 is 0 Å². The van der Waals surface area contributed by atoms with Crippen LogP contribution in [0.3, 0.4) is 0 Å². The maximum Gasteiger partial charge on any atom is 0.183 e. The van der Waals surface area contributed by atoms with Crippen molar-refractivity contribution in [3.63, 3.8) is 0 Å².